The zero-order chi connectivity index (χ0) is 28.3. The highest BCUT2D eigenvalue weighted by molar-refractivity contribution is 6.36. The summed E-state index contributed by atoms with van der Waals surface area (Å²) in [5, 5.41) is 15.5. The highest BCUT2D eigenvalue weighted by atomic mass is 35.5. The van der Waals surface area contributed by atoms with Crippen LogP contribution in [0.2, 0.25) is 15.2 Å². The third-order valence-corrected chi connectivity index (χ3v) is 7.03. The van der Waals surface area contributed by atoms with E-state index in [-0.39, 0.29) is 29.1 Å². The van der Waals surface area contributed by atoms with Crippen LogP contribution in [0, 0.1) is 0 Å². The molecule has 1 aliphatic heterocycles. The number of hydrogen-bond acceptors (Lipinski definition) is 7. The summed E-state index contributed by atoms with van der Waals surface area (Å²) in [5.41, 5.74) is 3.39. The molecule has 0 bridgehead atoms. The Morgan fingerprint density at radius 3 is 2.46 bits per heavy atom. The zero-order valence-corrected chi connectivity index (χ0v) is 23.4. The fraction of sp³-hybridized carbons (Fsp3) is 0.0323. The maximum atomic E-state index is 10.0. The third-order valence-electron chi connectivity index (χ3n) is 6.25. The lowest BCUT2D eigenvalue weighted by atomic mass is 9.96. The van der Waals surface area contributed by atoms with E-state index in [1.54, 1.807) is 42.6 Å². The van der Waals surface area contributed by atoms with Crippen LogP contribution in [0.1, 0.15) is 22.6 Å². The van der Waals surface area contributed by atoms with Crippen molar-refractivity contribution in [3.05, 3.63) is 140 Å². The van der Waals surface area contributed by atoms with E-state index >= 15 is 0 Å². The Bertz CT molecular complexity index is 1860. The van der Waals surface area contributed by atoms with Gasteiger partial charge in [0.25, 0.3) is 0 Å². The van der Waals surface area contributed by atoms with Crippen molar-refractivity contribution in [3.63, 3.8) is 0 Å². The molecule has 0 atom stereocenters. The second-order valence-corrected chi connectivity index (χ2v) is 10.2. The Labute approximate surface area is 250 Å². The van der Waals surface area contributed by atoms with Crippen LogP contribution in [-0.4, -0.2) is 25.9 Å². The Hall–Kier alpha value is -4.43. The largest absolute Gasteiger partial charge is 0.488 e. The molecule has 0 unspecified atom stereocenters. The second kappa shape index (κ2) is 11.6. The zero-order valence-electron chi connectivity index (χ0n) is 21.1. The van der Waals surface area contributed by atoms with Gasteiger partial charge in [0.15, 0.2) is 23.1 Å². The van der Waals surface area contributed by atoms with Gasteiger partial charge in [-0.1, -0.05) is 76.4 Å². The van der Waals surface area contributed by atoms with Gasteiger partial charge in [-0.2, -0.15) is 0 Å². The van der Waals surface area contributed by atoms with Crippen molar-refractivity contribution in [1.29, 1.82) is 0 Å². The van der Waals surface area contributed by atoms with Gasteiger partial charge in [0.05, 0.1) is 16.8 Å². The summed E-state index contributed by atoms with van der Waals surface area (Å²) in [4.78, 5) is 13.7. The molecule has 0 spiro atoms. The Morgan fingerprint density at radius 2 is 1.68 bits per heavy atom. The normalized spacial score (nSPS) is 16.0. The Balaban J connectivity index is 1.49. The van der Waals surface area contributed by atoms with Crippen molar-refractivity contribution in [2.24, 2.45) is 5.16 Å². The summed E-state index contributed by atoms with van der Waals surface area (Å²) < 4.78 is 12.4. The number of para-hydroxylation sites is 1. The van der Waals surface area contributed by atoms with Crippen LogP contribution in [0.25, 0.3) is 22.6 Å². The maximum absolute atomic E-state index is 10.0. The van der Waals surface area contributed by atoms with Crippen LogP contribution in [0.15, 0.2) is 108 Å². The van der Waals surface area contributed by atoms with Gasteiger partial charge < -0.3 is 14.7 Å². The number of pyridine rings is 1. The lowest BCUT2D eigenvalue weighted by Gasteiger charge is -2.27. The molecule has 5 aromatic rings. The molecule has 2 aromatic heterocycles. The summed E-state index contributed by atoms with van der Waals surface area (Å²) in [6.45, 7) is 0.279. The number of rotatable bonds is 6. The molecule has 202 valence electrons. The standard InChI is InChI=1S/C31H19Cl3N4O3/c32-19-10-8-18(9-11-19)17-40-25-7-2-1-6-22(25)27(31-36-24-13-12-20(33)15-23(24)30(34)37-31)29-28(38-39)26(41-29)16-21-5-3-4-14-35-21/h1-16,39H,17H2/b26-16-,29-27-,38-28+. The maximum Gasteiger partial charge on any atom is 0.188 e. The van der Waals surface area contributed by atoms with E-state index in [0.29, 0.717) is 49.3 Å². The van der Waals surface area contributed by atoms with Gasteiger partial charge in [0.2, 0.25) is 0 Å². The first kappa shape index (κ1) is 26.8. The van der Waals surface area contributed by atoms with Crippen LogP contribution < -0.4 is 4.74 Å². The van der Waals surface area contributed by atoms with Gasteiger partial charge in [-0.15, -0.1) is 0 Å². The van der Waals surface area contributed by atoms with Crippen molar-refractivity contribution in [1.82, 2.24) is 15.0 Å². The fourth-order valence-electron chi connectivity index (χ4n) is 4.29. The molecule has 1 fully saturated rings. The smallest absolute Gasteiger partial charge is 0.188 e. The van der Waals surface area contributed by atoms with Crippen molar-refractivity contribution >= 4 is 63.1 Å². The molecule has 7 nitrogen and oxygen atoms in total. The molecule has 3 heterocycles. The molecule has 0 saturated carbocycles. The van der Waals surface area contributed by atoms with Crippen molar-refractivity contribution in [2.75, 3.05) is 0 Å². The van der Waals surface area contributed by atoms with Crippen LogP contribution in [0.5, 0.6) is 5.75 Å². The van der Waals surface area contributed by atoms with Crippen molar-refractivity contribution < 1.29 is 14.7 Å². The predicted octanol–water partition coefficient (Wildman–Crippen LogP) is 8.22. The van der Waals surface area contributed by atoms with E-state index in [9.17, 15) is 5.21 Å². The first-order valence-corrected chi connectivity index (χ1v) is 13.5. The van der Waals surface area contributed by atoms with E-state index < -0.39 is 0 Å². The van der Waals surface area contributed by atoms with Gasteiger partial charge >= 0.3 is 0 Å². The van der Waals surface area contributed by atoms with Crippen LogP contribution in [0.4, 0.5) is 0 Å². The number of hydrogen-bond donors (Lipinski definition) is 1. The third kappa shape index (κ3) is 5.60. The lowest BCUT2D eigenvalue weighted by Crippen LogP contribution is -2.25. The number of aromatic nitrogens is 3. The highest BCUT2D eigenvalue weighted by Gasteiger charge is 2.36. The molecule has 0 amide bonds. The molecular formula is C31H19Cl3N4O3. The number of ether oxygens (including phenoxy) is 2. The minimum atomic E-state index is 0.203. The van der Waals surface area contributed by atoms with Crippen LogP contribution in [-0.2, 0) is 11.3 Å². The van der Waals surface area contributed by atoms with E-state index in [1.807, 2.05) is 54.6 Å². The Morgan fingerprint density at radius 1 is 0.902 bits per heavy atom. The van der Waals surface area contributed by atoms with E-state index in [1.165, 1.54) is 0 Å². The van der Waals surface area contributed by atoms with Crippen molar-refractivity contribution in [2.45, 2.75) is 6.61 Å². The molecule has 1 aliphatic rings. The summed E-state index contributed by atoms with van der Waals surface area (Å²) in [5.74, 6) is 1.36. The predicted molar refractivity (Wildman–Crippen MR) is 160 cm³/mol. The van der Waals surface area contributed by atoms with Gasteiger partial charge in [-0.05, 0) is 54.1 Å². The molecule has 0 aliphatic carbocycles. The molecule has 41 heavy (non-hydrogen) atoms. The second-order valence-electron chi connectivity index (χ2n) is 8.93. The van der Waals surface area contributed by atoms with E-state index in [4.69, 9.17) is 49.3 Å². The number of benzene rings is 3. The van der Waals surface area contributed by atoms with E-state index in [2.05, 4.69) is 15.1 Å². The molecule has 1 N–H and O–H groups in total. The number of oxime groups is 1. The van der Waals surface area contributed by atoms with Gasteiger partial charge in [0, 0.05) is 33.3 Å². The minimum Gasteiger partial charge on any atom is -0.488 e. The quantitative estimate of drug-likeness (QED) is 0.120. The number of fused-ring (bicyclic) bond motifs is 1. The Kier molecular flexibility index (Phi) is 7.57. The number of nitrogens with zero attached hydrogens (tertiary/aromatic N) is 4. The average Bonchev–Trinajstić information content (AvgIpc) is 2.98. The molecule has 0 radical (unpaired) electrons. The minimum absolute atomic E-state index is 0.203. The molecule has 6 rings (SSSR count). The van der Waals surface area contributed by atoms with Gasteiger partial charge in [-0.3, -0.25) is 4.98 Å². The SMILES string of the molecule is O/N=C1C(=C\c2ccccn2)\OC\1=C(/c1nc(Cl)c2cc(Cl)ccc2n1)c1ccccc1OCc1ccc(Cl)cc1. The lowest BCUT2D eigenvalue weighted by molar-refractivity contribution is 0.275. The monoisotopic (exact) mass is 600 g/mol. The van der Waals surface area contributed by atoms with Crippen LogP contribution >= 0.6 is 34.8 Å². The molecule has 3 aromatic carbocycles. The number of halogens is 3. The van der Waals surface area contributed by atoms with Crippen molar-refractivity contribution in [3.8, 4) is 5.75 Å². The van der Waals surface area contributed by atoms with Gasteiger partial charge in [0.1, 0.15) is 17.5 Å². The first-order valence-electron chi connectivity index (χ1n) is 12.4. The molecular weight excluding hydrogens is 583 g/mol. The average molecular weight is 602 g/mol. The highest BCUT2D eigenvalue weighted by Crippen LogP contribution is 2.41. The van der Waals surface area contributed by atoms with E-state index in [0.717, 1.165) is 5.56 Å². The van der Waals surface area contributed by atoms with Crippen LogP contribution in [0.3, 0.4) is 0 Å². The summed E-state index contributed by atoms with van der Waals surface area (Å²) >= 11 is 18.8. The topological polar surface area (TPSA) is 89.7 Å². The van der Waals surface area contributed by atoms with Gasteiger partial charge in [-0.25, -0.2) is 9.97 Å². The summed E-state index contributed by atoms with van der Waals surface area (Å²) in [6.07, 6.45) is 3.34. The summed E-state index contributed by atoms with van der Waals surface area (Å²) in [7, 11) is 0. The summed E-state index contributed by atoms with van der Waals surface area (Å²) in [6, 6.07) is 25.4. The molecule has 1 saturated heterocycles. The molecule has 10 heteroatoms. The fourth-order valence-corrected chi connectivity index (χ4v) is 4.82. The first-order chi connectivity index (χ1) is 20.0.